The van der Waals surface area contributed by atoms with Crippen molar-refractivity contribution in [2.45, 2.75) is 25.7 Å². The van der Waals surface area contributed by atoms with E-state index in [-0.39, 0.29) is 17.7 Å². The van der Waals surface area contributed by atoms with Crippen molar-refractivity contribution >= 4 is 11.8 Å². The number of quaternary nitrogens is 1. The molecular formula is C17H26N3O2+. The predicted octanol–water partition coefficient (Wildman–Crippen LogP) is -0.313. The van der Waals surface area contributed by atoms with E-state index in [0.717, 1.165) is 24.3 Å². The highest BCUT2D eigenvalue weighted by Crippen LogP contribution is 2.12. The summed E-state index contributed by atoms with van der Waals surface area (Å²) >= 11 is 0. The Bertz CT molecular complexity index is 504. The summed E-state index contributed by atoms with van der Waals surface area (Å²) in [7, 11) is 0. The van der Waals surface area contributed by atoms with Gasteiger partial charge in [-0.15, -0.1) is 0 Å². The molecule has 4 N–H and O–H groups in total. The van der Waals surface area contributed by atoms with E-state index in [1.165, 1.54) is 5.56 Å². The lowest BCUT2D eigenvalue weighted by Gasteiger charge is -2.27. The molecule has 1 aromatic rings. The first-order valence-electron chi connectivity index (χ1n) is 8.00. The number of carbonyl (C=O) groups excluding carboxylic acids is 2. The normalized spacial score (nSPS) is 22.8. The Morgan fingerprint density at radius 2 is 2.09 bits per heavy atom. The Morgan fingerprint density at radius 1 is 1.36 bits per heavy atom. The van der Waals surface area contributed by atoms with Crippen molar-refractivity contribution in [3.8, 4) is 0 Å². The number of primary amides is 1. The number of amides is 2. The first-order chi connectivity index (χ1) is 10.6. The van der Waals surface area contributed by atoms with Gasteiger partial charge in [-0.1, -0.05) is 37.3 Å². The molecule has 1 heterocycles. The van der Waals surface area contributed by atoms with Gasteiger partial charge in [0.25, 0.3) is 5.91 Å². The van der Waals surface area contributed by atoms with E-state index in [4.69, 9.17) is 5.73 Å². The zero-order valence-corrected chi connectivity index (χ0v) is 13.2. The minimum Gasteiger partial charge on any atom is -0.369 e. The van der Waals surface area contributed by atoms with Gasteiger partial charge in [-0.2, -0.15) is 0 Å². The number of nitrogens with two attached hydrogens (primary N) is 1. The summed E-state index contributed by atoms with van der Waals surface area (Å²) in [5, 5.41) is 3.00. The molecule has 2 rings (SSSR count). The molecule has 22 heavy (non-hydrogen) atoms. The van der Waals surface area contributed by atoms with E-state index in [9.17, 15) is 9.59 Å². The minimum atomic E-state index is -0.240. The van der Waals surface area contributed by atoms with Crippen molar-refractivity contribution in [3.63, 3.8) is 0 Å². The summed E-state index contributed by atoms with van der Waals surface area (Å²) < 4.78 is 0. The Labute approximate surface area is 131 Å². The molecule has 1 aliphatic rings. The molecule has 1 fully saturated rings. The minimum absolute atomic E-state index is 0.0444. The Hall–Kier alpha value is -1.88. The number of hydrogen-bond acceptors (Lipinski definition) is 2. The molecule has 1 unspecified atom stereocenters. The maximum absolute atomic E-state index is 12.1. The van der Waals surface area contributed by atoms with Crippen LogP contribution in [0.5, 0.6) is 0 Å². The molecular weight excluding hydrogens is 278 g/mol. The fourth-order valence-electron chi connectivity index (χ4n) is 3.01. The lowest BCUT2D eigenvalue weighted by Crippen LogP contribution is -3.15. The molecule has 5 heteroatoms. The van der Waals surface area contributed by atoms with Crippen LogP contribution >= 0.6 is 0 Å². The second kappa shape index (κ2) is 7.94. The molecule has 0 bridgehead atoms. The molecule has 0 aliphatic carbocycles. The molecule has 0 spiro atoms. The van der Waals surface area contributed by atoms with Gasteiger partial charge >= 0.3 is 0 Å². The molecule has 2 amide bonds. The average molecular weight is 304 g/mol. The van der Waals surface area contributed by atoms with Gasteiger partial charge in [0.05, 0.1) is 19.0 Å². The van der Waals surface area contributed by atoms with E-state index in [1.54, 1.807) is 0 Å². The van der Waals surface area contributed by atoms with Gasteiger partial charge in [0.2, 0.25) is 5.91 Å². The van der Waals surface area contributed by atoms with Crippen molar-refractivity contribution in [1.82, 2.24) is 5.32 Å². The van der Waals surface area contributed by atoms with Crippen molar-refractivity contribution in [1.29, 1.82) is 0 Å². The quantitative estimate of drug-likeness (QED) is 0.674. The van der Waals surface area contributed by atoms with Crippen LogP contribution in [-0.4, -0.2) is 38.0 Å². The molecule has 1 aliphatic heterocycles. The first-order valence-corrected chi connectivity index (χ1v) is 8.00. The van der Waals surface area contributed by atoms with E-state index in [0.29, 0.717) is 25.6 Å². The smallest absolute Gasteiger partial charge is 0.275 e. The van der Waals surface area contributed by atoms with E-state index >= 15 is 0 Å². The second-order valence-corrected chi connectivity index (χ2v) is 6.24. The molecule has 5 nitrogen and oxygen atoms in total. The summed E-state index contributed by atoms with van der Waals surface area (Å²) in [6.45, 7) is 4.77. The molecule has 120 valence electrons. The number of piperidine rings is 1. The van der Waals surface area contributed by atoms with Crippen LogP contribution < -0.4 is 16.0 Å². The third kappa shape index (κ3) is 4.84. The molecule has 0 radical (unpaired) electrons. The standard InChI is InChI=1S/C17H25N3O2/c1-13(14-6-3-2-4-7-14)10-19-16(21)12-20-9-5-8-15(11-20)17(18)22/h2-4,6-7,13,15H,5,8-12H2,1H3,(H2,18,22)(H,19,21)/p+1/t13-,15+/m1/s1. The monoisotopic (exact) mass is 304 g/mol. The van der Waals surface area contributed by atoms with Crippen LogP contribution in [0.2, 0.25) is 0 Å². The second-order valence-electron chi connectivity index (χ2n) is 6.24. The van der Waals surface area contributed by atoms with Crippen molar-refractivity contribution in [2.24, 2.45) is 11.7 Å². The summed E-state index contributed by atoms with van der Waals surface area (Å²) in [5.74, 6) is 0.0119. The number of nitrogens with one attached hydrogen (secondary N) is 2. The highest BCUT2D eigenvalue weighted by atomic mass is 16.2. The third-order valence-electron chi connectivity index (χ3n) is 4.40. The van der Waals surface area contributed by atoms with Crippen LogP contribution in [0.4, 0.5) is 0 Å². The van der Waals surface area contributed by atoms with Gasteiger partial charge in [0, 0.05) is 6.54 Å². The maximum Gasteiger partial charge on any atom is 0.275 e. The maximum atomic E-state index is 12.1. The van der Waals surface area contributed by atoms with Crippen molar-refractivity contribution in [3.05, 3.63) is 35.9 Å². The highest BCUT2D eigenvalue weighted by Gasteiger charge is 2.28. The lowest BCUT2D eigenvalue weighted by atomic mass is 9.97. The molecule has 1 aromatic carbocycles. The van der Waals surface area contributed by atoms with Crippen LogP contribution in [0.25, 0.3) is 0 Å². The van der Waals surface area contributed by atoms with Crippen molar-refractivity contribution < 1.29 is 14.5 Å². The number of rotatable bonds is 6. The summed E-state index contributed by atoms with van der Waals surface area (Å²) in [4.78, 5) is 24.5. The van der Waals surface area contributed by atoms with Crippen LogP contribution in [0.15, 0.2) is 30.3 Å². The zero-order valence-electron chi connectivity index (χ0n) is 13.2. The Kier molecular flexibility index (Phi) is 5.95. The number of benzene rings is 1. The Morgan fingerprint density at radius 3 is 2.77 bits per heavy atom. The van der Waals surface area contributed by atoms with Gasteiger partial charge < -0.3 is 16.0 Å². The van der Waals surface area contributed by atoms with Crippen LogP contribution in [-0.2, 0) is 9.59 Å². The topological polar surface area (TPSA) is 76.6 Å². The number of carbonyl (C=O) groups is 2. The van der Waals surface area contributed by atoms with E-state index in [1.807, 2.05) is 18.2 Å². The van der Waals surface area contributed by atoms with E-state index < -0.39 is 0 Å². The zero-order chi connectivity index (χ0) is 15.9. The molecule has 1 saturated heterocycles. The van der Waals surface area contributed by atoms with Crippen molar-refractivity contribution in [2.75, 3.05) is 26.2 Å². The van der Waals surface area contributed by atoms with Gasteiger partial charge in [0.15, 0.2) is 6.54 Å². The fourth-order valence-corrected chi connectivity index (χ4v) is 3.01. The van der Waals surface area contributed by atoms with Gasteiger partial charge in [-0.25, -0.2) is 0 Å². The number of likely N-dealkylation sites (tertiary alicyclic amines) is 1. The lowest BCUT2D eigenvalue weighted by molar-refractivity contribution is -0.899. The van der Waals surface area contributed by atoms with Gasteiger partial charge in [-0.3, -0.25) is 9.59 Å². The predicted molar refractivity (Wildman–Crippen MR) is 85.3 cm³/mol. The Balaban J connectivity index is 1.75. The molecule has 0 aromatic heterocycles. The van der Waals surface area contributed by atoms with Gasteiger partial charge in [0.1, 0.15) is 0 Å². The van der Waals surface area contributed by atoms with Gasteiger partial charge in [-0.05, 0) is 24.3 Å². The largest absolute Gasteiger partial charge is 0.369 e. The van der Waals surface area contributed by atoms with Crippen LogP contribution in [0, 0.1) is 5.92 Å². The van der Waals surface area contributed by atoms with E-state index in [2.05, 4.69) is 24.4 Å². The highest BCUT2D eigenvalue weighted by molar-refractivity contribution is 5.77. The summed E-state index contributed by atoms with van der Waals surface area (Å²) in [6.07, 6.45) is 1.81. The SMILES string of the molecule is C[C@H](CNC(=O)C[NH+]1CCC[C@H](C(N)=O)C1)c1ccccc1. The first kappa shape index (κ1) is 16.5. The average Bonchev–Trinajstić information content (AvgIpc) is 2.53. The molecule has 0 saturated carbocycles. The molecule has 3 atom stereocenters. The fraction of sp³-hybridized carbons (Fsp3) is 0.529. The summed E-state index contributed by atoms with van der Waals surface area (Å²) in [5.41, 5.74) is 6.59. The van der Waals surface area contributed by atoms with Crippen LogP contribution in [0.3, 0.4) is 0 Å². The number of hydrogen-bond donors (Lipinski definition) is 3. The summed E-state index contributed by atoms with van der Waals surface area (Å²) in [6, 6.07) is 10.2. The third-order valence-corrected chi connectivity index (χ3v) is 4.40. The van der Waals surface area contributed by atoms with Crippen LogP contribution in [0.1, 0.15) is 31.2 Å².